The zero-order valence-electron chi connectivity index (χ0n) is 15.9. The largest absolute Gasteiger partial charge is 0.387 e. The predicted molar refractivity (Wildman–Crippen MR) is 116 cm³/mol. The molecule has 144 valence electrons. The van der Waals surface area contributed by atoms with Gasteiger partial charge in [0.25, 0.3) is 0 Å². The number of nitrogens with zero attached hydrogens (tertiary/aromatic N) is 1. The predicted octanol–water partition coefficient (Wildman–Crippen LogP) is 3.24. The maximum atomic E-state index is 10.6. The molecule has 0 aromatic heterocycles. The van der Waals surface area contributed by atoms with Crippen LogP contribution in [0.25, 0.3) is 0 Å². The normalized spacial score (nSPS) is 20.0. The Kier molecular flexibility index (Phi) is 7.18. The molecule has 0 bridgehead atoms. The van der Waals surface area contributed by atoms with Gasteiger partial charge in [0.1, 0.15) is 0 Å². The topological polar surface area (TPSA) is 56.7 Å². The van der Waals surface area contributed by atoms with Gasteiger partial charge in [-0.25, -0.2) is 0 Å². The van der Waals surface area contributed by atoms with Crippen molar-refractivity contribution in [1.29, 1.82) is 0 Å². The van der Waals surface area contributed by atoms with Gasteiger partial charge in [-0.15, -0.1) is 0 Å². The van der Waals surface area contributed by atoms with E-state index in [1.807, 2.05) is 12.1 Å². The maximum absolute atomic E-state index is 10.6. The van der Waals surface area contributed by atoms with Gasteiger partial charge in [0.15, 0.2) is 5.96 Å². The van der Waals surface area contributed by atoms with Crippen molar-refractivity contribution in [2.75, 3.05) is 31.1 Å². The number of nitrogens with one attached hydrogen (secondary N) is 2. The third-order valence-corrected chi connectivity index (χ3v) is 6.07. The van der Waals surface area contributed by atoms with Gasteiger partial charge in [-0.05, 0) is 30.2 Å². The summed E-state index contributed by atoms with van der Waals surface area (Å²) < 4.78 is 0. The van der Waals surface area contributed by atoms with Gasteiger partial charge in [0.05, 0.1) is 12.1 Å². The van der Waals surface area contributed by atoms with E-state index in [0.29, 0.717) is 6.54 Å². The molecule has 1 fully saturated rings. The Bertz CT molecular complexity index is 675. The van der Waals surface area contributed by atoms with Crippen LogP contribution in [0.1, 0.15) is 30.4 Å². The number of benzene rings is 2. The van der Waals surface area contributed by atoms with E-state index in [0.717, 1.165) is 37.0 Å². The van der Waals surface area contributed by atoms with Crippen molar-refractivity contribution >= 4 is 17.7 Å². The van der Waals surface area contributed by atoms with Gasteiger partial charge in [0, 0.05) is 24.8 Å². The molecule has 0 saturated carbocycles. The second-order valence-electron chi connectivity index (χ2n) is 6.98. The molecule has 1 heterocycles. The third kappa shape index (κ3) is 5.75. The number of hydrogen-bond donors (Lipinski definition) is 3. The van der Waals surface area contributed by atoms with Gasteiger partial charge in [-0.1, -0.05) is 60.7 Å². The fraction of sp³-hybridized carbons (Fsp3) is 0.409. The lowest BCUT2D eigenvalue weighted by Gasteiger charge is -2.22. The molecule has 4 nitrogen and oxygen atoms in total. The molecule has 3 N–H and O–H groups in total. The summed E-state index contributed by atoms with van der Waals surface area (Å²) in [5.74, 6) is 2.79. The van der Waals surface area contributed by atoms with Gasteiger partial charge in [-0.2, -0.15) is 11.8 Å². The summed E-state index contributed by atoms with van der Waals surface area (Å²) in [6.45, 7) is 4.03. The number of aliphatic imine (C=N–C) groups is 1. The van der Waals surface area contributed by atoms with Gasteiger partial charge in [-0.3, -0.25) is 4.99 Å². The summed E-state index contributed by atoms with van der Waals surface area (Å²) >= 11 is 1.80. The molecule has 1 aliphatic heterocycles. The van der Waals surface area contributed by atoms with Crippen molar-refractivity contribution in [3.8, 4) is 0 Å². The van der Waals surface area contributed by atoms with Crippen LogP contribution in [-0.2, 0) is 0 Å². The Morgan fingerprint density at radius 1 is 1.07 bits per heavy atom. The Morgan fingerprint density at radius 2 is 1.70 bits per heavy atom. The van der Waals surface area contributed by atoms with E-state index in [4.69, 9.17) is 0 Å². The van der Waals surface area contributed by atoms with E-state index in [-0.39, 0.29) is 5.92 Å². The Hall–Kier alpha value is -1.98. The molecule has 1 atom stereocenters. The molecule has 0 amide bonds. The summed E-state index contributed by atoms with van der Waals surface area (Å²) in [7, 11) is 0. The van der Waals surface area contributed by atoms with Crippen molar-refractivity contribution in [1.82, 2.24) is 10.6 Å². The van der Waals surface area contributed by atoms with E-state index in [1.54, 1.807) is 11.8 Å². The van der Waals surface area contributed by atoms with Crippen LogP contribution in [0.4, 0.5) is 0 Å². The second-order valence-corrected chi connectivity index (χ2v) is 8.08. The van der Waals surface area contributed by atoms with Crippen LogP contribution in [0.2, 0.25) is 0 Å². The number of hydrogen-bond acceptors (Lipinski definition) is 3. The van der Waals surface area contributed by atoms with Gasteiger partial charge in [0.2, 0.25) is 0 Å². The SMILES string of the molecule is CCNC(=NCC1(O)CCSC1)NCC(c1ccccc1)c1ccccc1. The maximum Gasteiger partial charge on any atom is 0.191 e. The van der Waals surface area contributed by atoms with Gasteiger partial charge >= 0.3 is 0 Å². The lowest BCUT2D eigenvalue weighted by molar-refractivity contribution is 0.0778. The first kappa shape index (κ1) is 19.8. The van der Waals surface area contributed by atoms with Crippen molar-refractivity contribution in [2.24, 2.45) is 4.99 Å². The summed E-state index contributed by atoms with van der Waals surface area (Å²) in [5.41, 5.74) is 1.89. The average Bonchev–Trinajstić information content (AvgIpc) is 3.15. The number of thioether (sulfide) groups is 1. The first-order chi connectivity index (χ1) is 13.2. The van der Waals surface area contributed by atoms with Crippen molar-refractivity contribution in [3.05, 3.63) is 71.8 Å². The first-order valence-corrected chi connectivity index (χ1v) is 10.8. The lowest BCUT2D eigenvalue weighted by atomic mass is 9.91. The fourth-order valence-electron chi connectivity index (χ4n) is 3.29. The second kappa shape index (κ2) is 9.81. The molecule has 27 heavy (non-hydrogen) atoms. The first-order valence-electron chi connectivity index (χ1n) is 9.62. The quantitative estimate of drug-likeness (QED) is 0.507. The van der Waals surface area contributed by atoms with E-state index in [9.17, 15) is 5.11 Å². The molecular weight excluding hydrogens is 354 g/mol. The molecule has 2 aromatic rings. The third-order valence-electron chi connectivity index (χ3n) is 4.84. The molecular formula is C22H29N3OS. The number of guanidine groups is 1. The minimum absolute atomic E-state index is 0.237. The molecule has 3 rings (SSSR count). The van der Waals surface area contributed by atoms with E-state index in [2.05, 4.69) is 71.1 Å². The van der Waals surface area contributed by atoms with Crippen molar-refractivity contribution in [2.45, 2.75) is 24.9 Å². The van der Waals surface area contributed by atoms with Crippen LogP contribution in [0, 0.1) is 0 Å². The molecule has 0 aliphatic carbocycles. The van der Waals surface area contributed by atoms with Crippen molar-refractivity contribution < 1.29 is 5.11 Å². The van der Waals surface area contributed by atoms with Crippen LogP contribution in [0.3, 0.4) is 0 Å². The molecule has 1 aliphatic rings. The van der Waals surface area contributed by atoms with Gasteiger partial charge < -0.3 is 15.7 Å². The van der Waals surface area contributed by atoms with Crippen LogP contribution in [0.15, 0.2) is 65.7 Å². The summed E-state index contributed by atoms with van der Waals surface area (Å²) in [5, 5.41) is 17.3. The number of rotatable bonds is 7. The Morgan fingerprint density at radius 3 is 2.22 bits per heavy atom. The Balaban J connectivity index is 1.72. The lowest BCUT2D eigenvalue weighted by Crippen LogP contribution is -2.41. The summed E-state index contributed by atoms with van der Waals surface area (Å²) in [6, 6.07) is 21.1. The number of aliphatic hydroxyl groups is 1. The smallest absolute Gasteiger partial charge is 0.191 e. The Labute approximate surface area is 166 Å². The zero-order chi connectivity index (χ0) is 19.0. The highest BCUT2D eigenvalue weighted by Gasteiger charge is 2.31. The molecule has 2 aromatic carbocycles. The molecule has 5 heteroatoms. The standard InChI is InChI=1S/C22H29N3OS/c1-2-23-21(25-16-22(26)13-14-27-17-22)24-15-20(18-9-5-3-6-10-18)19-11-7-4-8-12-19/h3-12,20,26H,2,13-17H2,1H3,(H2,23,24,25). The minimum Gasteiger partial charge on any atom is -0.387 e. The summed E-state index contributed by atoms with van der Waals surface area (Å²) in [6.07, 6.45) is 0.817. The average molecular weight is 384 g/mol. The highest BCUT2D eigenvalue weighted by atomic mass is 32.2. The van der Waals surface area contributed by atoms with Crippen molar-refractivity contribution in [3.63, 3.8) is 0 Å². The summed E-state index contributed by atoms with van der Waals surface area (Å²) in [4.78, 5) is 4.66. The highest BCUT2D eigenvalue weighted by Crippen LogP contribution is 2.28. The molecule has 1 unspecified atom stereocenters. The van der Waals surface area contributed by atoms with Crippen LogP contribution >= 0.6 is 11.8 Å². The minimum atomic E-state index is -0.661. The van der Waals surface area contributed by atoms with E-state index < -0.39 is 5.60 Å². The van der Waals surface area contributed by atoms with Crippen LogP contribution < -0.4 is 10.6 Å². The monoisotopic (exact) mass is 383 g/mol. The van der Waals surface area contributed by atoms with Crippen LogP contribution in [0.5, 0.6) is 0 Å². The van der Waals surface area contributed by atoms with E-state index in [1.165, 1.54) is 11.1 Å². The zero-order valence-corrected chi connectivity index (χ0v) is 16.7. The van der Waals surface area contributed by atoms with Crippen LogP contribution in [-0.4, -0.2) is 47.8 Å². The fourth-order valence-corrected chi connectivity index (χ4v) is 4.57. The molecule has 0 radical (unpaired) electrons. The molecule has 1 saturated heterocycles. The molecule has 0 spiro atoms. The highest BCUT2D eigenvalue weighted by molar-refractivity contribution is 7.99. The van der Waals surface area contributed by atoms with E-state index >= 15 is 0 Å².